The van der Waals surface area contributed by atoms with Gasteiger partial charge in [0.25, 0.3) is 0 Å². The van der Waals surface area contributed by atoms with Crippen LogP contribution in [-0.2, 0) is 11.3 Å². The zero-order valence-electron chi connectivity index (χ0n) is 13.4. The highest BCUT2D eigenvalue weighted by molar-refractivity contribution is 9.10. The summed E-state index contributed by atoms with van der Waals surface area (Å²) in [6, 6.07) is 10.3. The predicted molar refractivity (Wildman–Crippen MR) is 92.8 cm³/mol. The fraction of sp³-hybridized carbons (Fsp3) is 0.222. The number of halogens is 1. The van der Waals surface area contributed by atoms with Gasteiger partial charge in [-0.1, -0.05) is 12.1 Å². The van der Waals surface area contributed by atoms with Gasteiger partial charge in [0.1, 0.15) is 12.9 Å². The molecule has 0 aliphatic carbocycles. The molecule has 0 saturated heterocycles. The van der Waals surface area contributed by atoms with Crippen molar-refractivity contribution >= 4 is 28.2 Å². The van der Waals surface area contributed by atoms with Crippen molar-refractivity contribution in [3.8, 4) is 11.5 Å². The van der Waals surface area contributed by atoms with Gasteiger partial charge in [0, 0.05) is 5.56 Å². The van der Waals surface area contributed by atoms with E-state index in [2.05, 4.69) is 15.9 Å². The Hall–Kier alpha value is -2.34. The van der Waals surface area contributed by atoms with Gasteiger partial charge in [-0.2, -0.15) is 0 Å². The zero-order chi connectivity index (χ0) is 17.5. The van der Waals surface area contributed by atoms with Gasteiger partial charge >= 0.3 is 5.97 Å². The Balaban J connectivity index is 2.18. The first kappa shape index (κ1) is 18.0. The number of carbonyl (C=O) groups excluding carboxylic acids is 2. The van der Waals surface area contributed by atoms with E-state index in [1.54, 1.807) is 37.3 Å². The average Bonchev–Trinajstić information content (AvgIpc) is 2.60. The Kier molecular flexibility index (Phi) is 6.37. The molecule has 0 aromatic heterocycles. The van der Waals surface area contributed by atoms with Gasteiger partial charge in [0.2, 0.25) is 0 Å². The van der Waals surface area contributed by atoms with Crippen LogP contribution in [-0.4, -0.2) is 26.0 Å². The van der Waals surface area contributed by atoms with Crippen LogP contribution in [0.15, 0.2) is 40.9 Å². The molecule has 0 radical (unpaired) electrons. The van der Waals surface area contributed by atoms with Gasteiger partial charge in [0.05, 0.1) is 23.8 Å². The van der Waals surface area contributed by atoms with Crippen LogP contribution in [0.2, 0.25) is 0 Å². The molecule has 0 N–H and O–H groups in total. The maximum absolute atomic E-state index is 11.8. The summed E-state index contributed by atoms with van der Waals surface area (Å²) in [6.07, 6.45) is 0.736. The topological polar surface area (TPSA) is 61.8 Å². The van der Waals surface area contributed by atoms with Crippen molar-refractivity contribution in [1.29, 1.82) is 0 Å². The molecule has 2 aromatic rings. The average molecular weight is 393 g/mol. The first-order valence-corrected chi connectivity index (χ1v) is 8.10. The summed E-state index contributed by atoms with van der Waals surface area (Å²) in [5, 5.41) is 0. The smallest absolute Gasteiger partial charge is 0.338 e. The lowest BCUT2D eigenvalue weighted by Crippen LogP contribution is -2.06. The van der Waals surface area contributed by atoms with Crippen molar-refractivity contribution in [3.63, 3.8) is 0 Å². The fourth-order valence-electron chi connectivity index (χ4n) is 2.11. The van der Waals surface area contributed by atoms with Crippen molar-refractivity contribution < 1.29 is 23.8 Å². The predicted octanol–water partition coefficient (Wildman–Crippen LogP) is 4.03. The second kappa shape index (κ2) is 8.49. The molecule has 0 heterocycles. The van der Waals surface area contributed by atoms with Crippen LogP contribution < -0.4 is 9.47 Å². The number of benzene rings is 2. The molecule has 2 rings (SSSR count). The van der Waals surface area contributed by atoms with Gasteiger partial charge in [-0.3, -0.25) is 4.79 Å². The van der Waals surface area contributed by atoms with Gasteiger partial charge in [0.15, 0.2) is 11.5 Å². The molecule has 0 bridgehead atoms. The second-order valence-electron chi connectivity index (χ2n) is 4.86. The molecule has 6 heteroatoms. The van der Waals surface area contributed by atoms with Crippen LogP contribution in [0, 0.1) is 0 Å². The van der Waals surface area contributed by atoms with E-state index in [4.69, 9.17) is 14.2 Å². The summed E-state index contributed by atoms with van der Waals surface area (Å²) >= 11 is 3.37. The lowest BCUT2D eigenvalue weighted by Gasteiger charge is -2.13. The molecule has 2 aromatic carbocycles. The second-order valence-corrected chi connectivity index (χ2v) is 5.72. The van der Waals surface area contributed by atoms with Crippen LogP contribution in [0.4, 0.5) is 0 Å². The first-order chi connectivity index (χ1) is 11.6. The minimum Gasteiger partial charge on any atom is -0.493 e. The highest BCUT2D eigenvalue weighted by atomic mass is 79.9. The minimum atomic E-state index is -0.367. The third-order valence-electron chi connectivity index (χ3n) is 3.21. The van der Waals surface area contributed by atoms with Gasteiger partial charge in [-0.05, 0) is 52.7 Å². The maximum atomic E-state index is 11.8. The minimum absolute atomic E-state index is 0.239. The van der Waals surface area contributed by atoms with Crippen molar-refractivity contribution in [2.75, 3.05) is 13.7 Å². The normalized spacial score (nSPS) is 10.1. The Labute approximate surface area is 148 Å². The van der Waals surface area contributed by atoms with Crippen LogP contribution in [0.25, 0.3) is 0 Å². The molecule has 0 amide bonds. The fourth-order valence-corrected chi connectivity index (χ4v) is 2.68. The van der Waals surface area contributed by atoms with E-state index < -0.39 is 0 Å². The molecule has 0 aliphatic heterocycles. The number of hydrogen-bond donors (Lipinski definition) is 0. The third-order valence-corrected chi connectivity index (χ3v) is 3.80. The van der Waals surface area contributed by atoms with E-state index in [0.29, 0.717) is 33.7 Å². The number of carbonyl (C=O) groups is 2. The Morgan fingerprint density at radius 3 is 2.71 bits per heavy atom. The van der Waals surface area contributed by atoms with Crippen LogP contribution in [0.5, 0.6) is 11.5 Å². The molecule has 0 unspecified atom stereocenters. The maximum Gasteiger partial charge on any atom is 0.338 e. The van der Waals surface area contributed by atoms with E-state index in [0.717, 1.165) is 11.8 Å². The van der Waals surface area contributed by atoms with E-state index in [1.165, 1.54) is 7.11 Å². The standard InChI is InChI=1S/C18H17BrO5/c1-3-23-18(21)14-6-4-5-12(7-14)11-24-17-15(19)8-13(10-20)9-16(17)22-2/h4-10H,3,11H2,1-2H3. The molecule has 24 heavy (non-hydrogen) atoms. The SMILES string of the molecule is CCOC(=O)c1cccc(COc2c(Br)cc(C=O)cc2OC)c1. The summed E-state index contributed by atoms with van der Waals surface area (Å²) in [4.78, 5) is 22.7. The largest absolute Gasteiger partial charge is 0.493 e. The van der Waals surface area contributed by atoms with Crippen molar-refractivity contribution in [2.24, 2.45) is 0 Å². The molecule has 0 fully saturated rings. The van der Waals surface area contributed by atoms with E-state index in [1.807, 2.05) is 6.07 Å². The molecular weight excluding hydrogens is 376 g/mol. The summed E-state index contributed by atoms with van der Waals surface area (Å²) < 4.78 is 16.7. The number of methoxy groups -OCH3 is 1. The Morgan fingerprint density at radius 1 is 1.25 bits per heavy atom. The highest BCUT2D eigenvalue weighted by Gasteiger charge is 2.13. The van der Waals surface area contributed by atoms with E-state index >= 15 is 0 Å². The lowest BCUT2D eigenvalue weighted by atomic mass is 10.1. The van der Waals surface area contributed by atoms with Crippen molar-refractivity contribution in [1.82, 2.24) is 0 Å². The lowest BCUT2D eigenvalue weighted by molar-refractivity contribution is 0.0526. The summed E-state index contributed by atoms with van der Waals surface area (Å²) in [7, 11) is 1.50. The van der Waals surface area contributed by atoms with Crippen LogP contribution >= 0.6 is 15.9 Å². The van der Waals surface area contributed by atoms with Gasteiger partial charge in [-0.15, -0.1) is 0 Å². The zero-order valence-corrected chi connectivity index (χ0v) is 15.0. The van der Waals surface area contributed by atoms with Crippen molar-refractivity contribution in [3.05, 3.63) is 57.6 Å². The number of aldehydes is 1. The monoisotopic (exact) mass is 392 g/mol. The Bertz CT molecular complexity index is 742. The Morgan fingerprint density at radius 2 is 2.04 bits per heavy atom. The number of esters is 1. The molecule has 5 nitrogen and oxygen atoms in total. The molecule has 126 valence electrons. The molecule has 0 spiro atoms. The van der Waals surface area contributed by atoms with Gasteiger partial charge in [-0.25, -0.2) is 4.79 Å². The van der Waals surface area contributed by atoms with Gasteiger partial charge < -0.3 is 14.2 Å². The number of hydrogen-bond acceptors (Lipinski definition) is 5. The summed E-state index contributed by atoms with van der Waals surface area (Å²) in [5.41, 5.74) is 1.77. The van der Waals surface area contributed by atoms with Crippen molar-refractivity contribution in [2.45, 2.75) is 13.5 Å². The van der Waals surface area contributed by atoms with E-state index in [-0.39, 0.29) is 12.6 Å². The van der Waals surface area contributed by atoms with Crippen LogP contribution in [0.3, 0.4) is 0 Å². The molecule has 0 aliphatic rings. The third kappa shape index (κ3) is 4.35. The molecule has 0 saturated carbocycles. The number of ether oxygens (including phenoxy) is 3. The van der Waals surface area contributed by atoms with E-state index in [9.17, 15) is 9.59 Å². The molecular formula is C18H17BrO5. The van der Waals surface area contributed by atoms with Crippen LogP contribution in [0.1, 0.15) is 33.2 Å². The summed E-state index contributed by atoms with van der Waals surface area (Å²) in [6.45, 7) is 2.33. The number of rotatable bonds is 7. The quantitative estimate of drug-likeness (QED) is 0.525. The summed E-state index contributed by atoms with van der Waals surface area (Å²) in [5.74, 6) is 0.575. The first-order valence-electron chi connectivity index (χ1n) is 7.30. The molecule has 0 atom stereocenters. The highest BCUT2D eigenvalue weighted by Crippen LogP contribution is 2.36.